The van der Waals surface area contributed by atoms with Crippen LogP contribution < -0.4 is 9.47 Å². The van der Waals surface area contributed by atoms with E-state index in [1.165, 1.54) is 0 Å². The van der Waals surface area contributed by atoms with E-state index in [0.717, 1.165) is 17.1 Å². The second kappa shape index (κ2) is 11.6. The molecule has 1 aromatic carbocycles. The van der Waals surface area contributed by atoms with E-state index >= 15 is 0 Å². The van der Waals surface area contributed by atoms with Crippen LogP contribution in [0.5, 0.6) is 11.5 Å². The van der Waals surface area contributed by atoms with Crippen molar-refractivity contribution >= 4 is 11.6 Å². The van der Waals surface area contributed by atoms with E-state index in [1.54, 1.807) is 14.2 Å². The molecule has 0 aliphatic carbocycles. The van der Waals surface area contributed by atoms with Crippen molar-refractivity contribution in [2.45, 2.75) is 5.88 Å². The Morgan fingerprint density at radius 2 is 1.57 bits per heavy atom. The second-order valence-corrected chi connectivity index (χ2v) is 4.44. The molecule has 1 aromatic rings. The molecular weight excluding hydrogens is 296 g/mol. The third-order valence-electron chi connectivity index (χ3n) is 2.70. The number of methoxy groups -OCH3 is 2. The summed E-state index contributed by atoms with van der Waals surface area (Å²) < 4.78 is 26.3. The lowest BCUT2D eigenvalue weighted by molar-refractivity contribution is 0.0179. The Morgan fingerprint density at radius 3 is 2.19 bits per heavy atom. The zero-order valence-corrected chi connectivity index (χ0v) is 13.4. The summed E-state index contributed by atoms with van der Waals surface area (Å²) in [6.45, 7) is 3.25. The van der Waals surface area contributed by atoms with Gasteiger partial charge in [-0.2, -0.15) is 0 Å². The van der Waals surface area contributed by atoms with E-state index in [4.69, 9.17) is 35.3 Å². The van der Waals surface area contributed by atoms with Crippen molar-refractivity contribution in [3.8, 4) is 11.5 Å². The molecule has 6 heteroatoms. The van der Waals surface area contributed by atoms with E-state index in [9.17, 15) is 0 Å². The van der Waals surface area contributed by atoms with Crippen molar-refractivity contribution in [3.05, 3.63) is 23.8 Å². The van der Waals surface area contributed by atoms with Gasteiger partial charge >= 0.3 is 0 Å². The SMILES string of the molecule is COCCOCCOCCOc1ccc(OC)cc1CCl. The number of halogens is 1. The Bertz CT molecular complexity index is 386. The molecule has 0 saturated heterocycles. The average molecular weight is 319 g/mol. The first-order valence-corrected chi connectivity index (χ1v) is 7.35. The zero-order chi connectivity index (χ0) is 15.3. The molecule has 1 rings (SSSR count). The molecule has 0 atom stereocenters. The molecule has 0 aliphatic rings. The highest BCUT2D eigenvalue weighted by Crippen LogP contribution is 2.25. The minimum atomic E-state index is 0.376. The van der Waals surface area contributed by atoms with Gasteiger partial charge in [0.25, 0.3) is 0 Å². The van der Waals surface area contributed by atoms with Crippen molar-refractivity contribution < 1.29 is 23.7 Å². The summed E-state index contributed by atoms with van der Waals surface area (Å²) in [5.41, 5.74) is 0.902. The van der Waals surface area contributed by atoms with Crippen LogP contribution in [-0.2, 0) is 20.1 Å². The highest BCUT2D eigenvalue weighted by Gasteiger charge is 2.04. The zero-order valence-electron chi connectivity index (χ0n) is 12.6. The van der Waals surface area contributed by atoms with Gasteiger partial charge in [0.05, 0.1) is 46.0 Å². The molecule has 0 unspecified atom stereocenters. The van der Waals surface area contributed by atoms with Gasteiger partial charge in [-0.3, -0.25) is 0 Å². The molecule has 0 N–H and O–H groups in total. The summed E-state index contributed by atoms with van der Waals surface area (Å²) in [6, 6.07) is 5.56. The number of hydrogen-bond donors (Lipinski definition) is 0. The molecular formula is C15H23ClO5. The first-order valence-electron chi connectivity index (χ1n) is 6.82. The highest BCUT2D eigenvalue weighted by molar-refractivity contribution is 6.17. The standard InChI is InChI=1S/C15H23ClO5/c1-17-5-6-19-7-8-20-9-10-21-15-4-3-14(18-2)11-13(15)12-16/h3-4,11H,5-10,12H2,1-2H3. The minimum absolute atomic E-state index is 0.376. The monoisotopic (exact) mass is 318 g/mol. The van der Waals surface area contributed by atoms with Crippen molar-refractivity contribution in [2.24, 2.45) is 0 Å². The maximum atomic E-state index is 5.89. The predicted octanol–water partition coefficient (Wildman–Crippen LogP) is 2.49. The Kier molecular flexibility index (Phi) is 9.99. The summed E-state index contributed by atoms with van der Waals surface area (Å²) in [6.07, 6.45) is 0. The molecule has 0 spiro atoms. The van der Waals surface area contributed by atoms with Crippen molar-refractivity contribution in [3.63, 3.8) is 0 Å². The van der Waals surface area contributed by atoms with Gasteiger partial charge in [0, 0.05) is 12.7 Å². The highest BCUT2D eigenvalue weighted by atomic mass is 35.5. The normalized spacial score (nSPS) is 10.6. The first kappa shape index (κ1) is 18.0. The molecule has 0 heterocycles. The summed E-state index contributed by atoms with van der Waals surface area (Å²) in [7, 11) is 3.27. The number of rotatable bonds is 12. The van der Waals surface area contributed by atoms with Gasteiger partial charge in [0.15, 0.2) is 0 Å². The van der Waals surface area contributed by atoms with Gasteiger partial charge in [-0.25, -0.2) is 0 Å². The smallest absolute Gasteiger partial charge is 0.124 e. The van der Waals surface area contributed by atoms with E-state index in [0.29, 0.717) is 45.5 Å². The van der Waals surface area contributed by atoms with E-state index in [-0.39, 0.29) is 0 Å². The molecule has 0 fully saturated rings. The first-order chi connectivity index (χ1) is 10.3. The van der Waals surface area contributed by atoms with Crippen LogP contribution in [0.1, 0.15) is 5.56 Å². The maximum Gasteiger partial charge on any atom is 0.124 e. The number of benzene rings is 1. The third kappa shape index (κ3) is 7.52. The molecule has 0 radical (unpaired) electrons. The van der Waals surface area contributed by atoms with Gasteiger partial charge in [-0.1, -0.05) is 0 Å². The van der Waals surface area contributed by atoms with Crippen LogP contribution in [-0.4, -0.2) is 53.9 Å². The Labute approximate surface area is 131 Å². The summed E-state index contributed by atoms with van der Waals surface area (Å²) in [4.78, 5) is 0. The number of hydrogen-bond acceptors (Lipinski definition) is 5. The van der Waals surface area contributed by atoms with Crippen LogP contribution in [0.4, 0.5) is 0 Å². The topological polar surface area (TPSA) is 46.2 Å². The van der Waals surface area contributed by atoms with Gasteiger partial charge < -0.3 is 23.7 Å². The Hall–Kier alpha value is -1.01. The van der Waals surface area contributed by atoms with E-state index < -0.39 is 0 Å². The average Bonchev–Trinajstić information content (AvgIpc) is 2.53. The van der Waals surface area contributed by atoms with Crippen molar-refractivity contribution in [1.29, 1.82) is 0 Å². The van der Waals surface area contributed by atoms with Crippen LogP contribution in [0.25, 0.3) is 0 Å². The fourth-order valence-corrected chi connectivity index (χ4v) is 1.81. The lowest BCUT2D eigenvalue weighted by Gasteiger charge is -2.11. The van der Waals surface area contributed by atoms with E-state index in [1.807, 2.05) is 18.2 Å². The van der Waals surface area contributed by atoms with Crippen molar-refractivity contribution in [2.75, 3.05) is 53.9 Å². The van der Waals surface area contributed by atoms with Gasteiger partial charge in [-0.05, 0) is 18.2 Å². The van der Waals surface area contributed by atoms with Gasteiger partial charge in [0.1, 0.15) is 18.1 Å². The van der Waals surface area contributed by atoms with Crippen LogP contribution in [0, 0.1) is 0 Å². The molecule has 0 bridgehead atoms. The second-order valence-electron chi connectivity index (χ2n) is 4.17. The molecule has 0 aliphatic heterocycles. The lowest BCUT2D eigenvalue weighted by Crippen LogP contribution is -2.12. The van der Waals surface area contributed by atoms with Crippen LogP contribution in [0.2, 0.25) is 0 Å². The minimum Gasteiger partial charge on any atom is -0.497 e. The van der Waals surface area contributed by atoms with Crippen LogP contribution in [0.3, 0.4) is 0 Å². The Morgan fingerprint density at radius 1 is 0.905 bits per heavy atom. The molecule has 5 nitrogen and oxygen atoms in total. The molecule has 21 heavy (non-hydrogen) atoms. The third-order valence-corrected chi connectivity index (χ3v) is 2.99. The van der Waals surface area contributed by atoms with E-state index in [2.05, 4.69) is 0 Å². The molecule has 0 amide bonds. The van der Waals surface area contributed by atoms with Gasteiger partial charge in [0.2, 0.25) is 0 Å². The molecule has 120 valence electrons. The largest absolute Gasteiger partial charge is 0.497 e. The molecule has 0 saturated carbocycles. The number of alkyl halides is 1. The summed E-state index contributed by atoms with van der Waals surface area (Å²) in [5, 5.41) is 0. The lowest BCUT2D eigenvalue weighted by atomic mass is 10.2. The Balaban J connectivity index is 2.15. The maximum absolute atomic E-state index is 5.89. The predicted molar refractivity (Wildman–Crippen MR) is 81.6 cm³/mol. The molecule has 0 aromatic heterocycles. The fourth-order valence-electron chi connectivity index (χ4n) is 1.60. The fraction of sp³-hybridized carbons (Fsp3) is 0.600. The quantitative estimate of drug-likeness (QED) is 0.438. The summed E-state index contributed by atoms with van der Waals surface area (Å²) in [5.74, 6) is 1.90. The van der Waals surface area contributed by atoms with Crippen LogP contribution >= 0.6 is 11.6 Å². The van der Waals surface area contributed by atoms with Crippen LogP contribution in [0.15, 0.2) is 18.2 Å². The number of ether oxygens (including phenoxy) is 5. The summed E-state index contributed by atoms with van der Waals surface area (Å²) >= 11 is 5.89. The van der Waals surface area contributed by atoms with Gasteiger partial charge in [-0.15, -0.1) is 11.6 Å². The van der Waals surface area contributed by atoms with Crippen molar-refractivity contribution in [1.82, 2.24) is 0 Å².